The fourth-order valence-corrected chi connectivity index (χ4v) is 0.865. The molecule has 1 aromatic carbocycles. The average Bonchev–Trinajstić information content (AvgIpc) is 2.15. The van der Waals surface area contributed by atoms with E-state index in [0.717, 1.165) is 11.8 Å². The van der Waals surface area contributed by atoms with Crippen LogP contribution in [0.4, 0.5) is 0 Å². The first-order valence-electron chi connectivity index (χ1n) is 3.71. The lowest BCUT2D eigenvalue weighted by atomic mass is 10.1. The van der Waals surface area contributed by atoms with Gasteiger partial charge in [0.25, 0.3) is 0 Å². The lowest BCUT2D eigenvalue weighted by Crippen LogP contribution is -1.78. The molecule has 1 aromatic rings. The Morgan fingerprint density at radius 3 is 2.17 bits per heavy atom. The largest absolute Gasteiger partial charge is 0.298 e. The third-order valence-electron chi connectivity index (χ3n) is 1.50. The van der Waals surface area contributed by atoms with E-state index in [1.54, 1.807) is 18.2 Å². The maximum Gasteiger partial charge on any atom is 0.150 e. The van der Waals surface area contributed by atoms with E-state index in [0.29, 0.717) is 5.56 Å². The van der Waals surface area contributed by atoms with Crippen LogP contribution in [0.1, 0.15) is 15.9 Å². The molecule has 0 aliphatic rings. The van der Waals surface area contributed by atoms with E-state index in [4.69, 9.17) is 0 Å². The Labute approximate surface area is 72.0 Å². The van der Waals surface area contributed by atoms with Gasteiger partial charge in [0.2, 0.25) is 0 Å². The van der Waals surface area contributed by atoms with Crippen LogP contribution < -0.4 is 0 Å². The Balaban J connectivity index is 2.84. The first-order chi connectivity index (χ1) is 5.86. The van der Waals surface area contributed by atoms with Gasteiger partial charge in [0.05, 0.1) is 0 Å². The number of aldehydes is 1. The van der Waals surface area contributed by atoms with Crippen LogP contribution in [-0.2, 0) is 0 Å². The molecule has 0 aromatic heterocycles. The fourth-order valence-electron chi connectivity index (χ4n) is 0.865. The second-order valence-electron chi connectivity index (χ2n) is 2.38. The number of hydrogen-bond donors (Lipinski definition) is 0. The van der Waals surface area contributed by atoms with Gasteiger partial charge >= 0.3 is 0 Å². The minimum absolute atomic E-state index is 0.700. The summed E-state index contributed by atoms with van der Waals surface area (Å²) >= 11 is 0. The van der Waals surface area contributed by atoms with E-state index in [9.17, 15) is 4.79 Å². The van der Waals surface area contributed by atoms with Crippen molar-refractivity contribution in [1.29, 1.82) is 0 Å². The Morgan fingerprint density at radius 1 is 1.08 bits per heavy atom. The van der Waals surface area contributed by atoms with Crippen LogP contribution in [0.3, 0.4) is 0 Å². The minimum Gasteiger partial charge on any atom is -0.298 e. The number of carbonyl (C=O) groups is 1. The monoisotopic (exact) mass is 158 g/mol. The highest BCUT2D eigenvalue weighted by Gasteiger charge is 1.87. The first-order valence-corrected chi connectivity index (χ1v) is 3.71. The number of benzene rings is 1. The Hall–Kier alpha value is -1.63. The average molecular weight is 158 g/mol. The standard InChI is InChI=1S/C11H10O/c1-2-3-4-10-5-7-11(9-12)8-6-10/h2-9H,1H2/b4-3-. The molecule has 0 fully saturated rings. The molecular weight excluding hydrogens is 148 g/mol. The number of hydrogen-bond acceptors (Lipinski definition) is 1. The van der Waals surface area contributed by atoms with Gasteiger partial charge in [-0.15, -0.1) is 0 Å². The van der Waals surface area contributed by atoms with Crippen LogP contribution in [-0.4, -0.2) is 6.29 Å². The molecule has 0 spiro atoms. The summed E-state index contributed by atoms with van der Waals surface area (Å²) in [6, 6.07) is 7.36. The summed E-state index contributed by atoms with van der Waals surface area (Å²) in [5.74, 6) is 0. The summed E-state index contributed by atoms with van der Waals surface area (Å²) in [6.45, 7) is 3.57. The van der Waals surface area contributed by atoms with Crippen molar-refractivity contribution in [1.82, 2.24) is 0 Å². The highest BCUT2D eigenvalue weighted by atomic mass is 16.1. The molecule has 12 heavy (non-hydrogen) atoms. The zero-order chi connectivity index (χ0) is 8.81. The molecule has 60 valence electrons. The Kier molecular flexibility index (Phi) is 3.03. The van der Waals surface area contributed by atoms with Crippen LogP contribution in [0.5, 0.6) is 0 Å². The summed E-state index contributed by atoms with van der Waals surface area (Å²) < 4.78 is 0. The van der Waals surface area contributed by atoms with Crippen LogP contribution in [0.2, 0.25) is 0 Å². The molecule has 1 rings (SSSR count). The van der Waals surface area contributed by atoms with Crippen molar-refractivity contribution < 1.29 is 4.79 Å². The van der Waals surface area contributed by atoms with Gasteiger partial charge in [-0.3, -0.25) is 4.79 Å². The smallest absolute Gasteiger partial charge is 0.150 e. The van der Waals surface area contributed by atoms with Crippen molar-refractivity contribution in [2.75, 3.05) is 0 Å². The first kappa shape index (κ1) is 8.47. The van der Waals surface area contributed by atoms with Gasteiger partial charge in [-0.2, -0.15) is 0 Å². The minimum atomic E-state index is 0.700. The third kappa shape index (κ3) is 2.20. The van der Waals surface area contributed by atoms with Crippen molar-refractivity contribution in [3.05, 3.63) is 54.1 Å². The normalized spacial score (nSPS) is 10.0. The van der Waals surface area contributed by atoms with E-state index >= 15 is 0 Å². The molecule has 0 saturated heterocycles. The molecule has 1 heteroatoms. The maximum atomic E-state index is 10.3. The van der Waals surface area contributed by atoms with Crippen molar-refractivity contribution in [2.24, 2.45) is 0 Å². The molecule has 0 heterocycles. The topological polar surface area (TPSA) is 17.1 Å². The molecule has 0 bridgehead atoms. The molecular formula is C11H10O. The van der Waals surface area contributed by atoms with Crippen molar-refractivity contribution in [2.45, 2.75) is 0 Å². The van der Waals surface area contributed by atoms with Gasteiger partial charge in [-0.1, -0.05) is 49.1 Å². The van der Waals surface area contributed by atoms with Gasteiger partial charge in [-0.05, 0) is 5.56 Å². The molecule has 0 aliphatic heterocycles. The summed E-state index contributed by atoms with van der Waals surface area (Å²) in [5.41, 5.74) is 1.77. The Morgan fingerprint density at radius 2 is 1.67 bits per heavy atom. The van der Waals surface area contributed by atoms with Crippen LogP contribution in [0.15, 0.2) is 43.0 Å². The van der Waals surface area contributed by atoms with Gasteiger partial charge in [0.15, 0.2) is 0 Å². The molecule has 0 aliphatic carbocycles. The lowest BCUT2D eigenvalue weighted by Gasteiger charge is -1.92. The van der Waals surface area contributed by atoms with E-state index < -0.39 is 0 Å². The molecule has 1 nitrogen and oxygen atoms in total. The second-order valence-corrected chi connectivity index (χ2v) is 2.38. The van der Waals surface area contributed by atoms with E-state index in [1.807, 2.05) is 24.3 Å². The van der Waals surface area contributed by atoms with Crippen molar-refractivity contribution in [3.63, 3.8) is 0 Å². The van der Waals surface area contributed by atoms with Crippen LogP contribution in [0, 0.1) is 0 Å². The number of carbonyl (C=O) groups excluding carboxylic acids is 1. The molecule has 0 atom stereocenters. The number of allylic oxidation sites excluding steroid dienone is 2. The van der Waals surface area contributed by atoms with Crippen LogP contribution in [0.25, 0.3) is 6.08 Å². The highest BCUT2D eigenvalue weighted by Crippen LogP contribution is 2.04. The molecule has 0 saturated carbocycles. The highest BCUT2D eigenvalue weighted by molar-refractivity contribution is 5.75. The molecule has 0 N–H and O–H groups in total. The summed E-state index contributed by atoms with van der Waals surface area (Å²) in [4.78, 5) is 10.3. The van der Waals surface area contributed by atoms with Gasteiger partial charge in [0.1, 0.15) is 6.29 Å². The summed E-state index contributed by atoms with van der Waals surface area (Å²) in [6.07, 6.45) is 6.34. The lowest BCUT2D eigenvalue weighted by molar-refractivity contribution is 0.112. The molecule has 0 radical (unpaired) electrons. The summed E-state index contributed by atoms with van der Waals surface area (Å²) in [5, 5.41) is 0. The quantitative estimate of drug-likeness (QED) is 0.488. The van der Waals surface area contributed by atoms with Crippen molar-refractivity contribution in [3.8, 4) is 0 Å². The Bertz CT molecular complexity index is 293. The fraction of sp³-hybridized carbons (Fsp3) is 0. The van der Waals surface area contributed by atoms with Crippen LogP contribution >= 0.6 is 0 Å². The molecule has 0 unspecified atom stereocenters. The predicted octanol–water partition coefficient (Wildman–Crippen LogP) is 2.70. The van der Waals surface area contributed by atoms with Gasteiger partial charge in [0, 0.05) is 5.56 Å². The zero-order valence-corrected chi connectivity index (χ0v) is 6.73. The maximum absolute atomic E-state index is 10.3. The molecule has 0 amide bonds. The number of rotatable bonds is 3. The third-order valence-corrected chi connectivity index (χ3v) is 1.50. The summed E-state index contributed by atoms with van der Waals surface area (Å²) in [7, 11) is 0. The van der Waals surface area contributed by atoms with E-state index in [1.165, 1.54) is 0 Å². The SMILES string of the molecule is C=C/C=C\c1ccc(C=O)cc1. The van der Waals surface area contributed by atoms with Gasteiger partial charge in [-0.25, -0.2) is 0 Å². The van der Waals surface area contributed by atoms with E-state index in [-0.39, 0.29) is 0 Å². The van der Waals surface area contributed by atoms with Crippen molar-refractivity contribution >= 4 is 12.4 Å². The zero-order valence-electron chi connectivity index (χ0n) is 6.73. The predicted molar refractivity (Wildman–Crippen MR) is 51.1 cm³/mol. The van der Waals surface area contributed by atoms with E-state index in [2.05, 4.69) is 6.58 Å². The second kappa shape index (κ2) is 4.29. The van der Waals surface area contributed by atoms with Gasteiger partial charge < -0.3 is 0 Å².